The largest absolute Gasteiger partial charge is 0.329 e. The maximum absolute atomic E-state index is 12.8. The molecule has 0 saturated heterocycles. The van der Waals surface area contributed by atoms with Gasteiger partial charge in [0.15, 0.2) is 0 Å². The molecule has 0 bridgehead atoms. The molecule has 0 aromatic rings. The maximum Gasteiger partial charge on any atom is 0.0961 e. The predicted octanol–water partition coefficient (Wildman–Crippen LogP) is 1.67. The zero-order chi connectivity index (χ0) is 9.90. The molecule has 3 heteroatoms. The first-order chi connectivity index (χ1) is 6.14. The molecule has 0 heterocycles. The molecule has 0 aromatic heterocycles. The van der Waals surface area contributed by atoms with Gasteiger partial charge in [0.2, 0.25) is 0 Å². The normalized spacial score (nSPS) is 29.2. The van der Waals surface area contributed by atoms with E-state index in [-0.39, 0.29) is 11.4 Å². The molecular formula is C10H19FN2. The molecule has 0 saturated carbocycles. The van der Waals surface area contributed by atoms with Gasteiger partial charge in [0.25, 0.3) is 0 Å². The fourth-order valence-corrected chi connectivity index (χ4v) is 1.88. The van der Waals surface area contributed by atoms with Crippen LogP contribution in [0.5, 0.6) is 0 Å². The summed E-state index contributed by atoms with van der Waals surface area (Å²) in [6.07, 6.45) is 3.82. The Morgan fingerprint density at radius 1 is 1.69 bits per heavy atom. The molecule has 1 aliphatic carbocycles. The van der Waals surface area contributed by atoms with Gasteiger partial charge in [-0.15, -0.1) is 0 Å². The van der Waals surface area contributed by atoms with E-state index in [1.54, 1.807) is 6.08 Å². The van der Waals surface area contributed by atoms with Gasteiger partial charge in [0.05, 0.1) is 5.83 Å². The van der Waals surface area contributed by atoms with E-state index in [1.807, 2.05) is 0 Å². The third kappa shape index (κ3) is 2.09. The number of halogens is 1. The lowest BCUT2D eigenvalue weighted by Crippen LogP contribution is -2.52. The van der Waals surface area contributed by atoms with Crippen molar-refractivity contribution in [3.05, 3.63) is 11.9 Å². The Kier molecular flexibility index (Phi) is 3.45. The van der Waals surface area contributed by atoms with Crippen molar-refractivity contribution < 1.29 is 4.39 Å². The topological polar surface area (TPSA) is 29.3 Å². The van der Waals surface area contributed by atoms with E-state index in [4.69, 9.17) is 5.73 Å². The summed E-state index contributed by atoms with van der Waals surface area (Å²) >= 11 is 0. The highest BCUT2D eigenvalue weighted by Crippen LogP contribution is 2.31. The SMILES string of the molecule is CCN(C)C1(CN)CC=C(F)CC1. The molecule has 0 fully saturated rings. The summed E-state index contributed by atoms with van der Waals surface area (Å²) in [5.74, 6) is 0.0218. The van der Waals surface area contributed by atoms with Crippen LogP contribution in [0.2, 0.25) is 0 Å². The van der Waals surface area contributed by atoms with Gasteiger partial charge in [-0.05, 0) is 26.4 Å². The van der Waals surface area contributed by atoms with Crippen LogP contribution in [0.1, 0.15) is 26.2 Å². The van der Waals surface area contributed by atoms with Gasteiger partial charge < -0.3 is 5.73 Å². The molecule has 1 aliphatic rings. The first kappa shape index (κ1) is 10.7. The van der Waals surface area contributed by atoms with Gasteiger partial charge in [-0.1, -0.05) is 13.0 Å². The first-order valence-electron chi connectivity index (χ1n) is 4.90. The van der Waals surface area contributed by atoms with Crippen molar-refractivity contribution in [3.63, 3.8) is 0 Å². The lowest BCUT2D eigenvalue weighted by atomic mass is 9.84. The van der Waals surface area contributed by atoms with Crippen molar-refractivity contribution in [1.29, 1.82) is 0 Å². The molecular weight excluding hydrogens is 167 g/mol. The molecule has 1 atom stereocenters. The Morgan fingerprint density at radius 3 is 2.77 bits per heavy atom. The molecule has 0 amide bonds. The molecule has 1 unspecified atom stereocenters. The summed E-state index contributed by atoms with van der Waals surface area (Å²) in [5, 5.41) is 0. The summed E-state index contributed by atoms with van der Waals surface area (Å²) in [6, 6.07) is 0. The molecule has 0 aromatic carbocycles. The lowest BCUT2D eigenvalue weighted by molar-refractivity contribution is 0.115. The van der Waals surface area contributed by atoms with Gasteiger partial charge in [0, 0.05) is 18.5 Å². The highest BCUT2D eigenvalue weighted by molar-refractivity contribution is 5.08. The molecule has 13 heavy (non-hydrogen) atoms. The number of nitrogens with two attached hydrogens (primary N) is 1. The second kappa shape index (κ2) is 4.20. The van der Waals surface area contributed by atoms with Crippen molar-refractivity contribution in [1.82, 2.24) is 4.90 Å². The smallest absolute Gasteiger partial charge is 0.0961 e. The number of rotatable bonds is 3. The van der Waals surface area contributed by atoms with E-state index in [0.29, 0.717) is 13.0 Å². The molecule has 2 N–H and O–H groups in total. The van der Waals surface area contributed by atoms with Gasteiger partial charge in [-0.2, -0.15) is 0 Å². The Balaban J connectivity index is 2.72. The average Bonchev–Trinajstić information content (AvgIpc) is 2.18. The molecule has 76 valence electrons. The summed E-state index contributed by atoms with van der Waals surface area (Å²) in [6.45, 7) is 3.68. The molecule has 0 radical (unpaired) electrons. The van der Waals surface area contributed by atoms with Crippen molar-refractivity contribution in [3.8, 4) is 0 Å². The minimum Gasteiger partial charge on any atom is -0.329 e. The zero-order valence-electron chi connectivity index (χ0n) is 8.52. The van der Waals surface area contributed by atoms with E-state index in [9.17, 15) is 4.39 Å². The number of allylic oxidation sites excluding steroid dienone is 1. The van der Waals surface area contributed by atoms with Gasteiger partial charge >= 0.3 is 0 Å². The molecule has 0 spiro atoms. The Morgan fingerprint density at radius 2 is 2.38 bits per heavy atom. The van der Waals surface area contributed by atoms with E-state index >= 15 is 0 Å². The number of hydrogen-bond donors (Lipinski definition) is 1. The quantitative estimate of drug-likeness (QED) is 0.726. The van der Waals surface area contributed by atoms with Gasteiger partial charge in [-0.3, -0.25) is 4.90 Å². The minimum atomic E-state index is 0.00431. The lowest BCUT2D eigenvalue weighted by Gasteiger charge is -2.42. The Hall–Kier alpha value is -0.410. The van der Waals surface area contributed by atoms with Gasteiger partial charge in [-0.25, -0.2) is 4.39 Å². The van der Waals surface area contributed by atoms with Crippen LogP contribution in [0.15, 0.2) is 11.9 Å². The van der Waals surface area contributed by atoms with Crippen LogP contribution in [0, 0.1) is 0 Å². The van der Waals surface area contributed by atoms with E-state index in [0.717, 1.165) is 19.4 Å². The fourth-order valence-electron chi connectivity index (χ4n) is 1.88. The summed E-state index contributed by atoms with van der Waals surface area (Å²) in [4.78, 5) is 2.23. The minimum absolute atomic E-state index is 0.00431. The van der Waals surface area contributed by atoms with Crippen LogP contribution < -0.4 is 5.73 Å². The maximum atomic E-state index is 12.8. The predicted molar refractivity (Wildman–Crippen MR) is 53.1 cm³/mol. The van der Waals surface area contributed by atoms with Crippen molar-refractivity contribution in [2.45, 2.75) is 31.7 Å². The van der Waals surface area contributed by atoms with Crippen LogP contribution in [-0.2, 0) is 0 Å². The van der Waals surface area contributed by atoms with Crippen LogP contribution in [0.3, 0.4) is 0 Å². The van der Waals surface area contributed by atoms with Crippen LogP contribution in [-0.4, -0.2) is 30.6 Å². The fraction of sp³-hybridized carbons (Fsp3) is 0.800. The monoisotopic (exact) mass is 186 g/mol. The van der Waals surface area contributed by atoms with Crippen LogP contribution in [0.4, 0.5) is 4.39 Å². The highest BCUT2D eigenvalue weighted by Gasteiger charge is 2.33. The standard InChI is InChI=1S/C10H19FN2/c1-3-13(2)10(8-12)6-4-9(11)5-7-10/h4H,3,5-8,12H2,1-2H3. The van der Waals surface area contributed by atoms with Crippen LogP contribution in [0.25, 0.3) is 0 Å². The average molecular weight is 186 g/mol. The zero-order valence-corrected chi connectivity index (χ0v) is 8.52. The van der Waals surface area contributed by atoms with Crippen molar-refractivity contribution in [2.75, 3.05) is 20.1 Å². The number of hydrogen-bond acceptors (Lipinski definition) is 2. The Bertz CT molecular complexity index is 203. The van der Waals surface area contributed by atoms with Gasteiger partial charge in [0.1, 0.15) is 0 Å². The third-order valence-corrected chi connectivity index (χ3v) is 3.20. The molecule has 0 aliphatic heterocycles. The summed E-state index contributed by atoms with van der Waals surface area (Å²) < 4.78 is 12.8. The summed E-state index contributed by atoms with van der Waals surface area (Å²) in [7, 11) is 2.06. The molecule has 1 rings (SSSR count). The highest BCUT2D eigenvalue weighted by atomic mass is 19.1. The third-order valence-electron chi connectivity index (χ3n) is 3.20. The van der Waals surface area contributed by atoms with Crippen molar-refractivity contribution in [2.24, 2.45) is 5.73 Å². The molecule has 2 nitrogen and oxygen atoms in total. The Labute approximate surface area is 79.6 Å². The van der Waals surface area contributed by atoms with E-state index < -0.39 is 0 Å². The summed E-state index contributed by atoms with van der Waals surface area (Å²) in [5.41, 5.74) is 5.77. The second-order valence-electron chi connectivity index (χ2n) is 3.80. The van der Waals surface area contributed by atoms with Crippen LogP contribution >= 0.6 is 0 Å². The van der Waals surface area contributed by atoms with E-state index in [2.05, 4.69) is 18.9 Å². The van der Waals surface area contributed by atoms with Crippen molar-refractivity contribution >= 4 is 0 Å². The second-order valence-corrected chi connectivity index (χ2v) is 3.80. The first-order valence-corrected chi connectivity index (χ1v) is 4.90. The number of nitrogens with zero attached hydrogens (tertiary/aromatic N) is 1. The number of likely N-dealkylation sites (N-methyl/N-ethyl adjacent to an activating group) is 1. The van der Waals surface area contributed by atoms with E-state index in [1.165, 1.54) is 0 Å².